The Morgan fingerprint density at radius 2 is 1.68 bits per heavy atom. The van der Waals surface area contributed by atoms with Crippen LogP contribution in [0.3, 0.4) is 0 Å². The highest BCUT2D eigenvalue weighted by atomic mass is 35.5. The van der Waals surface area contributed by atoms with Gasteiger partial charge in [-0.3, -0.25) is 0 Å². The number of nitrogens with zero attached hydrogens (tertiary/aromatic N) is 4. The maximum atomic E-state index is 6.43. The van der Waals surface area contributed by atoms with Gasteiger partial charge in [0.15, 0.2) is 11.5 Å². The topological polar surface area (TPSA) is 43.1 Å². The molecule has 25 heavy (non-hydrogen) atoms. The van der Waals surface area contributed by atoms with Crippen LogP contribution in [0.15, 0.2) is 48.5 Å². The molecule has 4 rings (SSSR count). The molecule has 4 aromatic rings. The first-order valence-corrected chi connectivity index (χ1v) is 8.55. The SMILES string of the molecule is Cc1nc(-c2ccccc2)n2nc(C)c(-c3ccc(Cl)cc3Cl)c2n1. The molecule has 0 aliphatic rings. The quantitative estimate of drug-likeness (QED) is 0.476. The number of rotatable bonds is 2. The summed E-state index contributed by atoms with van der Waals surface area (Å²) in [5, 5.41) is 5.84. The van der Waals surface area contributed by atoms with Gasteiger partial charge in [-0.15, -0.1) is 0 Å². The van der Waals surface area contributed by atoms with Crippen LogP contribution in [0.4, 0.5) is 0 Å². The molecular formula is C19H14Cl2N4. The molecule has 0 radical (unpaired) electrons. The lowest BCUT2D eigenvalue weighted by molar-refractivity contribution is 0.868. The molecule has 124 valence electrons. The van der Waals surface area contributed by atoms with Gasteiger partial charge in [0, 0.05) is 16.1 Å². The number of aromatic nitrogens is 4. The molecule has 0 saturated heterocycles. The summed E-state index contributed by atoms with van der Waals surface area (Å²) in [4.78, 5) is 9.21. The Bertz CT molecular complexity index is 1090. The number of hydrogen-bond acceptors (Lipinski definition) is 3. The molecule has 2 aromatic heterocycles. The molecule has 0 aliphatic carbocycles. The lowest BCUT2D eigenvalue weighted by Gasteiger charge is -2.07. The fraction of sp³-hybridized carbons (Fsp3) is 0.105. The summed E-state index contributed by atoms with van der Waals surface area (Å²) >= 11 is 12.5. The standard InChI is InChI=1S/C19H14Cl2N4/c1-11-17(15-9-8-14(20)10-16(15)21)19-23-12(2)22-18(25(19)24-11)13-6-4-3-5-7-13/h3-10H,1-2H3. The van der Waals surface area contributed by atoms with Crippen molar-refractivity contribution >= 4 is 28.8 Å². The van der Waals surface area contributed by atoms with Crippen molar-refractivity contribution in [2.24, 2.45) is 0 Å². The third-order valence-electron chi connectivity index (χ3n) is 4.00. The lowest BCUT2D eigenvalue weighted by Crippen LogP contribution is -2.02. The summed E-state index contributed by atoms with van der Waals surface area (Å²) in [7, 11) is 0. The first kappa shape index (κ1) is 16.1. The Labute approximate surface area is 155 Å². The second-order valence-electron chi connectivity index (χ2n) is 5.78. The molecule has 0 spiro atoms. The van der Waals surface area contributed by atoms with Gasteiger partial charge >= 0.3 is 0 Å². The van der Waals surface area contributed by atoms with Gasteiger partial charge in [0.05, 0.1) is 16.3 Å². The molecular weight excluding hydrogens is 355 g/mol. The van der Waals surface area contributed by atoms with Gasteiger partial charge in [-0.1, -0.05) is 59.6 Å². The van der Waals surface area contributed by atoms with Crippen molar-refractivity contribution in [3.63, 3.8) is 0 Å². The van der Waals surface area contributed by atoms with Crippen LogP contribution in [0, 0.1) is 13.8 Å². The van der Waals surface area contributed by atoms with Crippen molar-refractivity contribution < 1.29 is 0 Å². The molecule has 0 atom stereocenters. The monoisotopic (exact) mass is 368 g/mol. The minimum absolute atomic E-state index is 0.572. The fourth-order valence-corrected chi connectivity index (χ4v) is 3.43. The van der Waals surface area contributed by atoms with E-state index in [0.29, 0.717) is 15.9 Å². The lowest BCUT2D eigenvalue weighted by atomic mass is 10.1. The van der Waals surface area contributed by atoms with Gasteiger partial charge < -0.3 is 0 Å². The van der Waals surface area contributed by atoms with Gasteiger partial charge in [0.2, 0.25) is 0 Å². The molecule has 0 aliphatic heterocycles. The Balaban J connectivity index is 2.05. The van der Waals surface area contributed by atoms with Crippen LogP contribution in [0.25, 0.3) is 28.2 Å². The van der Waals surface area contributed by atoms with Crippen molar-refractivity contribution in [3.05, 3.63) is 70.1 Å². The zero-order valence-electron chi connectivity index (χ0n) is 13.7. The van der Waals surface area contributed by atoms with E-state index in [1.54, 1.807) is 10.6 Å². The van der Waals surface area contributed by atoms with E-state index in [2.05, 4.69) is 15.1 Å². The first-order chi connectivity index (χ1) is 12.0. The van der Waals surface area contributed by atoms with Gasteiger partial charge in [0.25, 0.3) is 0 Å². The predicted octanol–water partition coefficient (Wildman–Crippen LogP) is 5.38. The molecule has 6 heteroatoms. The maximum absolute atomic E-state index is 6.43. The van der Waals surface area contributed by atoms with Crippen LogP contribution in [-0.4, -0.2) is 19.6 Å². The van der Waals surface area contributed by atoms with Crippen LogP contribution in [0.5, 0.6) is 0 Å². The van der Waals surface area contributed by atoms with Gasteiger partial charge in [-0.2, -0.15) is 9.61 Å². The average Bonchev–Trinajstić information content (AvgIpc) is 2.91. The van der Waals surface area contributed by atoms with E-state index in [4.69, 9.17) is 23.2 Å². The molecule has 0 saturated carbocycles. The Morgan fingerprint density at radius 1 is 0.920 bits per heavy atom. The Hall–Kier alpha value is -2.43. The second kappa shape index (κ2) is 6.14. The van der Waals surface area contributed by atoms with Crippen molar-refractivity contribution in [2.75, 3.05) is 0 Å². The highest BCUT2D eigenvalue weighted by Gasteiger charge is 2.19. The molecule has 2 heterocycles. The van der Waals surface area contributed by atoms with Gasteiger partial charge in [-0.05, 0) is 26.0 Å². The largest absolute Gasteiger partial charge is 0.213 e. The number of aryl methyl sites for hydroxylation is 2. The summed E-state index contributed by atoms with van der Waals surface area (Å²) in [6, 6.07) is 15.4. The molecule has 0 fully saturated rings. The van der Waals surface area contributed by atoms with E-state index in [-0.39, 0.29) is 0 Å². The summed E-state index contributed by atoms with van der Waals surface area (Å²) in [5.41, 5.74) is 4.30. The molecule has 0 unspecified atom stereocenters. The van der Waals surface area contributed by atoms with Crippen molar-refractivity contribution in [1.82, 2.24) is 19.6 Å². The minimum Gasteiger partial charge on any atom is -0.213 e. The van der Waals surface area contributed by atoms with Crippen LogP contribution in [0.2, 0.25) is 10.0 Å². The molecule has 0 N–H and O–H groups in total. The number of halogens is 2. The van der Waals surface area contributed by atoms with Crippen molar-refractivity contribution in [3.8, 4) is 22.5 Å². The third-order valence-corrected chi connectivity index (χ3v) is 4.55. The molecule has 4 nitrogen and oxygen atoms in total. The van der Waals surface area contributed by atoms with E-state index in [1.165, 1.54) is 0 Å². The van der Waals surface area contributed by atoms with E-state index in [0.717, 1.165) is 33.9 Å². The number of benzene rings is 2. The summed E-state index contributed by atoms with van der Waals surface area (Å²) in [6.45, 7) is 3.82. The van der Waals surface area contributed by atoms with E-state index in [9.17, 15) is 0 Å². The Morgan fingerprint density at radius 3 is 2.40 bits per heavy atom. The molecule has 2 aromatic carbocycles. The van der Waals surface area contributed by atoms with Gasteiger partial charge in [0.1, 0.15) is 5.82 Å². The van der Waals surface area contributed by atoms with Crippen molar-refractivity contribution in [2.45, 2.75) is 13.8 Å². The zero-order chi connectivity index (χ0) is 17.6. The van der Waals surface area contributed by atoms with Crippen LogP contribution in [-0.2, 0) is 0 Å². The van der Waals surface area contributed by atoms with Gasteiger partial charge in [-0.25, -0.2) is 9.97 Å². The van der Waals surface area contributed by atoms with Crippen molar-refractivity contribution in [1.29, 1.82) is 0 Å². The zero-order valence-corrected chi connectivity index (χ0v) is 15.2. The Kier molecular flexibility index (Phi) is 3.94. The first-order valence-electron chi connectivity index (χ1n) is 7.79. The van der Waals surface area contributed by atoms with E-state index in [1.807, 2.05) is 56.3 Å². The molecule has 0 bridgehead atoms. The third kappa shape index (κ3) is 2.77. The number of hydrogen-bond donors (Lipinski definition) is 0. The highest BCUT2D eigenvalue weighted by Crippen LogP contribution is 2.35. The average molecular weight is 369 g/mol. The predicted molar refractivity (Wildman–Crippen MR) is 101 cm³/mol. The van der Waals surface area contributed by atoms with Crippen LogP contribution >= 0.6 is 23.2 Å². The van der Waals surface area contributed by atoms with E-state index < -0.39 is 0 Å². The highest BCUT2D eigenvalue weighted by molar-refractivity contribution is 6.36. The van der Waals surface area contributed by atoms with Crippen LogP contribution < -0.4 is 0 Å². The van der Waals surface area contributed by atoms with Crippen LogP contribution in [0.1, 0.15) is 11.5 Å². The normalized spacial score (nSPS) is 11.2. The summed E-state index contributed by atoms with van der Waals surface area (Å²) < 4.78 is 1.78. The second-order valence-corrected chi connectivity index (χ2v) is 6.62. The molecule has 0 amide bonds. The smallest absolute Gasteiger partial charge is 0.167 e. The fourth-order valence-electron chi connectivity index (χ4n) is 2.93. The number of fused-ring (bicyclic) bond motifs is 1. The minimum atomic E-state index is 0.572. The maximum Gasteiger partial charge on any atom is 0.167 e. The van der Waals surface area contributed by atoms with E-state index >= 15 is 0 Å². The summed E-state index contributed by atoms with van der Waals surface area (Å²) in [5.74, 6) is 1.43. The summed E-state index contributed by atoms with van der Waals surface area (Å²) in [6.07, 6.45) is 0.